The van der Waals surface area contributed by atoms with Crippen LogP contribution >= 0.6 is 0 Å². The van der Waals surface area contributed by atoms with Crippen molar-refractivity contribution in [1.82, 2.24) is 15.0 Å². The fourth-order valence-electron chi connectivity index (χ4n) is 3.11. The molecule has 0 unspecified atom stereocenters. The topological polar surface area (TPSA) is 98.4 Å². The molecule has 2 heterocycles. The molecule has 0 saturated heterocycles. The van der Waals surface area contributed by atoms with Gasteiger partial charge in [0.15, 0.2) is 17.3 Å². The van der Waals surface area contributed by atoms with E-state index in [1.807, 2.05) is 30.3 Å². The van der Waals surface area contributed by atoms with Crippen LogP contribution in [-0.4, -0.2) is 42.2 Å². The molecule has 2 N–H and O–H groups in total. The summed E-state index contributed by atoms with van der Waals surface area (Å²) in [5.74, 6) is 1.87. The Kier molecular flexibility index (Phi) is 5.21. The Morgan fingerprint density at radius 3 is 2.30 bits per heavy atom. The molecule has 8 nitrogen and oxygen atoms in total. The lowest BCUT2D eigenvalue weighted by Crippen LogP contribution is -2.13. The van der Waals surface area contributed by atoms with Crippen LogP contribution < -0.4 is 19.5 Å². The third-order valence-electron chi connectivity index (χ3n) is 4.55. The number of benzene rings is 2. The van der Waals surface area contributed by atoms with Crippen LogP contribution in [0.5, 0.6) is 17.2 Å². The normalized spacial score (nSPS) is 10.6. The number of H-pyrrole nitrogens is 1. The molecule has 0 spiro atoms. The van der Waals surface area contributed by atoms with Gasteiger partial charge in [-0.05, 0) is 36.4 Å². The Morgan fingerprint density at radius 2 is 1.63 bits per heavy atom. The number of rotatable bonds is 6. The molecular weight excluding hydrogens is 384 g/mol. The first-order valence-electron chi connectivity index (χ1n) is 9.16. The number of hydrogen-bond donors (Lipinski definition) is 2. The third-order valence-corrected chi connectivity index (χ3v) is 4.55. The molecule has 0 aliphatic heterocycles. The molecule has 0 fully saturated rings. The van der Waals surface area contributed by atoms with Crippen LogP contribution in [0.25, 0.3) is 22.6 Å². The summed E-state index contributed by atoms with van der Waals surface area (Å²) in [5, 5.41) is 2.80. The van der Waals surface area contributed by atoms with Crippen LogP contribution in [-0.2, 0) is 0 Å². The summed E-state index contributed by atoms with van der Waals surface area (Å²) in [7, 11) is 4.50. The highest BCUT2D eigenvalue weighted by molar-refractivity contribution is 6.04. The summed E-state index contributed by atoms with van der Waals surface area (Å²) in [6.45, 7) is 0. The minimum atomic E-state index is -0.358. The van der Waals surface area contributed by atoms with E-state index in [0.717, 1.165) is 11.0 Å². The second kappa shape index (κ2) is 8.12. The van der Waals surface area contributed by atoms with Gasteiger partial charge in [0.2, 0.25) is 5.75 Å². The molecule has 4 rings (SSSR count). The van der Waals surface area contributed by atoms with Crippen molar-refractivity contribution in [2.24, 2.45) is 0 Å². The quantitative estimate of drug-likeness (QED) is 0.506. The molecule has 152 valence electrons. The van der Waals surface area contributed by atoms with Crippen LogP contribution in [0.15, 0.2) is 54.6 Å². The number of nitrogens with one attached hydrogen (secondary N) is 2. The number of ether oxygens (including phenoxy) is 3. The molecule has 4 aromatic rings. The fraction of sp³-hybridized carbons (Fsp3) is 0.136. The van der Waals surface area contributed by atoms with Crippen molar-refractivity contribution in [1.29, 1.82) is 0 Å². The molecule has 30 heavy (non-hydrogen) atoms. The molecule has 0 saturated carbocycles. The second-order valence-corrected chi connectivity index (χ2v) is 6.38. The second-order valence-electron chi connectivity index (χ2n) is 6.38. The number of para-hydroxylation sites is 2. The van der Waals surface area contributed by atoms with E-state index in [1.54, 1.807) is 24.3 Å². The molecular formula is C22H20N4O4. The van der Waals surface area contributed by atoms with E-state index >= 15 is 0 Å². The average Bonchev–Trinajstić information content (AvgIpc) is 3.22. The van der Waals surface area contributed by atoms with E-state index < -0.39 is 0 Å². The number of fused-ring (bicyclic) bond motifs is 1. The first-order chi connectivity index (χ1) is 14.6. The highest BCUT2D eigenvalue weighted by Crippen LogP contribution is 2.38. The maximum absolute atomic E-state index is 12.8. The van der Waals surface area contributed by atoms with Crippen molar-refractivity contribution >= 4 is 22.8 Å². The first-order valence-corrected chi connectivity index (χ1v) is 9.16. The number of amides is 1. The van der Waals surface area contributed by atoms with Crippen LogP contribution in [0.1, 0.15) is 10.4 Å². The minimum Gasteiger partial charge on any atom is -0.493 e. The summed E-state index contributed by atoms with van der Waals surface area (Å²) < 4.78 is 15.9. The van der Waals surface area contributed by atoms with Gasteiger partial charge in [-0.1, -0.05) is 18.2 Å². The monoisotopic (exact) mass is 404 g/mol. The van der Waals surface area contributed by atoms with Gasteiger partial charge in [-0.25, -0.2) is 9.97 Å². The number of nitrogens with zero attached hydrogens (tertiary/aromatic N) is 2. The average molecular weight is 404 g/mol. The van der Waals surface area contributed by atoms with E-state index in [0.29, 0.717) is 40.1 Å². The summed E-state index contributed by atoms with van der Waals surface area (Å²) >= 11 is 0. The highest BCUT2D eigenvalue weighted by Gasteiger charge is 2.17. The zero-order valence-corrected chi connectivity index (χ0v) is 16.7. The summed E-state index contributed by atoms with van der Waals surface area (Å²) in [4.78, 5) is 25.1. The van der Waals surface area contributed by atoms with Gasteiger partial charge >= 0.3 is 0 Å². The molecule has 0 aliphatic carbocycles. The van der Waals surface area contributed by atoms with Crippen molar-refractivity contribution in [2.75, 3.05) is 26.6 Å². The maximum Gasteiger partial charge on any atom is 0.257 e. The van der Waals surface area contributed by atoms with Gasteiger partial charge in [0.25, 0.3) is 5.91 Å². The Morgan fingerprint density at radius 1 is 0.900 bits per heavy atom. The van der Waals surface area contributed by atoms with Crippen molar-refractivity contribution in [3.05, 3.63) is 60.2 Å². The Balaban J connectivity index is 1.62. The number of methoxy groups -OCH3 is 3. The van der Waals surface area contributed by atoms with Gasteiger partial charge in [-0.2, -0.15) is 0 Å². The zero-order chi connectivity index (χ0) is 21.1. The van der Waals surface area contributed by atoms with Gasteiger partial charge in [-0.3, -0.25) is 4.79 Å². The lowest BCUT2D eigenvalue weighted by atomic mass is 10.1. The van der Waals surface area contributed by atoms with E-state index in [2.05, 4.69) is 20.3 Å². The standard InChI is InChI=1S/C22H20N4O4/c1-28-17-11-13(12-18(29-2)20(17)30-3)22(27)26-19-10-6-9-16(23-19)21-24-14-7-4-5-8-15(14)25-21/h4-12H,1-3H3,(H,24,25)(H,23,26,27). The summed E-state index contributed by atoms with van der Waals surface area (Å²) in [6, 6.07) is 16.2. The van der Waals surface area contributed by atoms with Crippen LogP contribution in [0, 0.1) is 0 Å². The SMILES string of the molecule is COc1cc(C(=O)Nc2cccc(-c3nc4ccccc4[nH]3)n2)cc(OC)c1OC. The smallest absolute Gasteiger partial charge is 0.257 e. The summed E-state index contributed by atoms with van der Waals surface area (Å²) in [6.07, 6.45) is 0. The van der Waals surface area contributed by atoms with Gasteiger partial charge < -0.3 is 24.5 Å². The van der Waals surface area contributed by atoms with Gasteiger partial charge in [0, 0.05) is 5.56 Å². The Bertz CT molecular complexity index is 1160. The number of hydrogen-bond acceptors (Lipinski definition) is 6. The minimum absolute atomic E-state index is 0.348. The predicted octanol–water partition coefficient (Wildman–Crippen LogP) is 3.90. The number of aromatic amines is 1. The molecule has 2 aromatic carbocycles. The molecule has 2 aromatic heterocycles. The number of pyridine rings is 1. The molecule has 1 amide bonds. The van der Waals surface area contributed by atoms with Crippen LogP contribution in [0.3, 0.4) is 0 Å². The largest absolute Gasteiger partial charge is 0.493 e. The van der Waals surface area contributed by atoms with Crippen LogP contribution in [0.2, 0.25) is 0 Å². The maximum atomic E-state index is 12.8. The Labute approximate surface area is 172 Å². The van der Waals surface area contributed by atoms with E-state index in [-0.39, 0.29) is 5.91 Å². The first kappa shape index (κ1) is 19.3. The molecule has 8 heteroatoms. The van der Waals surface area contributed by atoms with Crippen molar-refractivity contribution in [3.63, 3.8) is 0 Å². The number of carbonyl (C=O) groups excluding carboxylic acids is 1. The van der Waals surface area contributed by atoms with Crippen molar-refractivity contribution in [3.8, 4) is 28.8 Å². The van der Waals surface area contributed by atoms with Crippen molar-refractivity contribution < 1.29 is 19.0 Å². The third kappa shape index (κ3) is 3.62. The van der Waals surface area contributed by atoms with E-state index in [4.69, 9.17) is 14.2 Å². The summed E-state index contributed by atoms with van der Waals surface area (Å²) in [5.41, 5.74) is 2.73. The molecule has 0 bridgehead atoms. The molecule has 0 aliphatic rings. The molecule has 0 radical (unpaired) electrons. The van der Waals surface area contributed by atoms with Gasteiger partial charge in [0.1, 0.15) is 11.5 Å². The molecule has 0 atom stereocenters. The fourth-order valence-corrected chi connectivity index (χ4v) is 3.11. The van der Waals surface area contributed by atoms with Gasteiger partial charge in [0.05, 0.1) is 32.4 Å². The number of anilines is 1. The van der Waals surface area contributed by atoms with Crippen LogP contribution in [0.4, 0.5) is 5.82 Å². The van der Waals surface area contributed by atoms with Crippen molar-refractivity contribution in [2.45, 2.75) is 0 Å². The van der Waals surface area contributed by atoms with Gasteiger partial charge in [-0.15, -0.1) is 0 Å². The predicted molar refractivity (Wildman–Crippen MR) is 113 cm³/mol. The lowest BCUT2D eigenvalue weighted by Gasteiger charge is -2.14. The van der Waals surface area contributed by atoms with E-state index in [9.17, 15) is 4.79 Å². The number of carbonyl (C=O) groups is 1. The lowest BCUT2D eigenvalue weighted by molar-refractivity contribution is 0.102. The highest BCUT2D eigenvalue weighted by atomic mass is 16.5. The number of imidazole rings is 1. The number of aromatic nitrogens is 3. The zero-order valence-electron chi connectivity index (χ0n) is 16.7. The van der Waals surface area contributed by atoms with E-state index in [1.165, 1.54) is 21.3 Å². The Hall–Kier alpha value is -4.07.